The zero-order valence-corrected chi connectivity index (χ0v) is 13.1. The first-order chi connectivity index (χ1) is 9.15. The second kappa shape index (κ2) is 6.91. The normalized spacial score (nSPS) is 10.3. The molecule has 0 saturated heterocycles. The lowest BCUT2D eigenvalue weighted by Gasteiger charge is -2.09. The van der Waals surface area contributed by atoms with Crippen LogP contribution in [0.2, 0.25) is 0 Å². The van der Waals surface area contributed by atoms with E-state index in [4.69, 9.17) is 9.47 Å². The van der Waals surface area contributed by atoms with Crippen LogP contribution in [0.3, 0.4) is 0 Å². The van der Waals surface area contributed by atoms with Crippen LogP contribution in [0.5, 0.6) is 11.5 Å². The van der Waals surface area contributed by atoms with Crippen LogP contribution in [-0.4, -0.2) is 13.2 Å². The minimum atomic E-state index is -0.308. The average molecular weight is 390 g/mol. The van der Waals surface area contributed by atoms with Gasteiger partial charge in [-0.15, -0.1) is 0 Å². The molecule has 19 heavy (non-hydrogen) atoms. The molecule has 2 rings (SSSR count). The molecule has 2 nitrogen and oxygen atoms in total. The Morgan fingerprint density at radius 2 is 1.58 bits per heavy atom. The number of rotatable bonds is 5. The van der Waals surface area contributed by atoms with E-state index in [0.29, 0.717) is 23.4 Å². The van der Waals surface area contributed by atoms with Crippen molar-refractivity contribution in [2.24, 2.45) is 0 Å². The van der Waals surface area contributed by atoms with Crippen LogP contribution >= 0.6 is 31.9 Å². The van der Waals surface area contributed by atoms with Crippen LogP contribution in [0.4, 0.5) is 4.39 Å². The predicted octanol–water partition coefficient (Wildman–Crippen LogP) is 4.81. The van der Waals surface area contributed by atoms with E-state index in [9.17, 15) is 4.39 Å². The number of ether oxygens (including phenoxy) is 2. The van der Waals surface area contributed by atoms with Crippen LogP contribution < -0.4 is 9.47 Å². The van der Waals surface area contributed by atoms with Gasteiger partial charge in [0, 0.05) is 4.47 Å². The molecule has 0 N–H and O–H groups in total. The summed E-state index contributed by atoms with van der Waals surface area (Å²) in [5.41, 5.74) is 0. The van der Waals surface area contributed by atoms with Crippen molar-refractivity contribution in [1.29, 1.82) is 0 Å². The lowest BCUT2D eigenvalue weighted by atomic mass is 10.3. The van der Waals surface area contributed by atoms with E-state index in [1.165, 1.54) is 6.07 Å². The molecule has 0 atom stereocenters. The van der Waals surface area contributed by atoms with Crippen molar-refractivity contribution in [3.63, 3.8) is 0 Å². The molecule has 0 heterocycles. The van der Waals surface area contributed by atoms with Gasteiger partial charge in [-0.1, -0.05) is 22.0 Å². The summed E-state index contributed by atoms with van der Waals surface area (Å²) >= 11 is 6.48. The van der Waals surface area contributed by atoms with Crippen molar-refractivity contribution in [3.8, 4) is 11.5 Å². The van der Waals surface area contributed by atoms with Gasteiger partial charge in [-0.2, -0.15) is 0 Å². The molecule has 100 valence electrons. The van der Waals surface area contributed by atoms with Gasteiger partial charge in [0.25, 0.3) is 0 Å². The Morgan fingerprint density at radius 3 is 2.21 bits per heavy atom. The minimum Gasteiger partial charge on any atom is -0.490 e. The molecule has 2 aromatic rings. The van der Waals surface area contributed by atoms with Gasteiger partial charge >= 0.3 is 0 Å². The fraction of sp³-hybridized carbons (Fsp3) is 0.143. The van der Waals surface area contributed by atoms with Crippen LogP contribution in [0.1, 0.15) is 0 Å². The monoisotopic (exact) mass is 388 g/mol. The molecule has 0 bridgehead atoms. The summed E-state index contributed by atoms with van der Waals surface area (Å²) in [6.07, 6.45) is 0. The Balaban J connectivity index is 1.79. The fourth-order valence-corrected chi connectivity index (χ4v) is 2.18. The van der Waals surface area contributed by atoms with Crippen molar-refractivity contribution in [2.45, 2.75) is 0 Å². The maximum atomic E-state index is 13.0. The topological polar surface area (TPSA) is 18.5 Å². The number of benzene rings is 2. The fourth-order valence-electron chi connectivity index (χ4n) is 1.44. The Labute approximate surface area is 127 Å². The average Bonchev–Trinajstić information content (AvgIpc) is 2.39. The highest BCUT2D eigenvalue weighted by atomic mass is 79.9. The van der Waals surface area contributed by atoms with Gasteiger partial charge in [0.15, 0.2) is 0 Å². The lowest BCUT2D eigenvalue weighted by Crippen LogP contribution is -2.09. The predicted molar refractivity (Wildman–Crippen MR) is 79.2 cm³/mol. The molecule has 0 fully saturated rings. The lowest BCUT2D eigenvalue weighted by molar-refractivity contribution is 0.217. The molecule has 2 aromatic carbocycles. The Morgan fingerprint density at radius 1 is 0.895 bits per heavy atom. The number of hydrogen-bond acceptors (Lipinski definition) is 2. The molecule has 0 saturated carbocycles. The van der Waals surface area contributed by atoms with Crippen molar-refractivity contribution in [2.75, 3.05) is 13.2 Å². The van der Waals surface area contributed by atoms with Crippen LogP contribution in [0, 0.1) is 5.82 Å². The maximum Gasteiger partial charge on any atom is 0.137 e. The second-order valence-corrected chi connectivity index (χ2v) is 5.50. The van der Waals surface area contributed by atoms with Gasteiger partial charge in [0.05, 0.1) is 4.47 Å². The molecular formula is C14H11Br2FO2. The molecule has 0 spiro atoms. The molecule has 0 radical (unpaired) electrons. The number of halogens is 3. The summed E-state index contributed by atoms with van der Waals surface area (Å²) in [5, 5.41) is 0. The van der Waals surface area contributed by atoms with E-state index >= 15 is 0 Å². The second-order valence-electron chi connectivity index (χ2n) is 3.73. The third-order valence-electron chi connectivity index (χ3n) is 2.31. The molecular weight excluding hydrogens is 379 g/mol. The first kappa shape index (κ1) is 14.3. The largest absolute Gasteiger partial charge is 0.490 e. The summed E-state index contributed by atoms with van der Waals surface area (Å²) in [6, 6.07) is 12.1. The SMILES string of the molecule is Fc1ccc(OCCOc2cccc(Br)c2)cc1Br. The highest BCUT2D eigenvalue weighted by Gasteiger charge is 2.01. The maximum absolute atomic E-state index is 13.0. The van der Waals surface area contributed by atoms with E-state index in [2.05, 4.69) is 31.9 Å². The summed E-state index contributed by atoms with van der Waals surface area (Å²) in [4.78, 5) is 0. The van der Waals surface area contributed by atoms with Gasteiger partial charge in [0.1, 0.15) is 30.5 Å². The molecule has 0 aromatic heterocycles. The van der Waals surface area contributed by atoms with Gasteiger partial charge in [-0.05, 0) is 52.3 Å². The van der Waals surface area contributed by atoms with Crippen molar-refractivity contribution in [1.82, 2.24) is 0 Å². The highest BCUT2D eigenvalue weighted by molar-refractivity contribution is 9.10. The summed E-state index contributed by atoms with van der Waals surface area (Å²) < 4.78 is 25.3. The van der Waals surface area contributed by atoms with Gasteiger partial charge in [0.2, 0.25) is 0 Å². The Hall–Kier alpha value is -1.07. The molecule has 0 aliphatic heterocycles. The van der Waals surface area contributed by atoms with E-state index in [-0.39, 0.29) is 5.82 Å². The van der Waals surface area contributed by atoms with E-state index in [1.807, 2.05) is 24.3 Å². The quantitative estimate of drug-likeness (QED) is 0.683. The Bertz CT molecular complexity index is 561. The summed E-state index contributed by atoms with van der Waals surface area (Å²) in [5.74, 6) is 1.07. The van der Waals surface area contributed by atoms with Crippen molar-refractivity contribution in [3.05, 3.63) is 57.2 Å². The molecule has 0 aliphatic rings. The van der Waals surface area contributed by atoms with Gasteiger partial charge in [-0.3, -0.25) is 0 Å². The standard InChI is InChI=1S/C14H11Br2FO2/c15-10-2-1-3-11(8-10)18-6-7-19-12-4-5-14(17)13(16)9-12/h1-5,8-9H,6-7H2. The minimum absolute atomic E-state index is 0.308. The van der Waals surface area contributed by atoms with Crippen LogP contribution in [0.25, 0.3) is 0 Å². The summed E-state index contributed by atoms with van der Waals surface area (Å²) in [6.45, 7) is 0.816. The number of hydrogen-bond donors (Lipinski definition) is 0. The first-order valence-corrected chi connectivity index (χ1v) is 7.20. The summed E-state index contributed by atoms with van der Waals surface area (Å²) in [7, 11) is 0. The van der Waals surface area contributed by atoms with Gasteiger partial charge < -0.3 is 9.47 Å². The smallest absolute Gasteiger partial charge is 0.137 e. The highest BCUT2D eigenvalue weighted by Crippen LogP contribution is 2.22. The van der Waals surface area contributed by atoms with Crippen molar-refractivity contribution >= 4 is 31.9 Å². The van der Waals surface area contributed by atoms with E-state index < -0.39 is 0 Å². The van der Waals surface area contributed by atoms with E-state index in [1.54, 1.807) is 12.1 Å². The van der Waals surface area contributed by atoms with Crippen LogP contribution in [0.15, 0.2) is 51.4 Å². The van der Waals surface area contributed by atoms with Crippen molar-refractivity contribution < 1.29 is 13.9 Å². The zero-order chi connectivity index (χ0) is 13.7. The van der Waals surface area contributed by atoms with E-state index in [0.717, 1.165) is 10.2 Å². The zero-order valence-electron chi connectivity index (χ0n) is 9.91. The first-order valence-electron chi connectivity index (χ1n) is 5.61. The third-order valence-corrected chi connectivity index (χ3v) is 3.41. The van der Waals surface area contributed by atoms with Gasteiger partial charge in [-0.25, -0.2) is 4.39 Å². The molecule has 0 unspecified atom stereocenters. The molecule has 0 aliphatic carbocycles. The molecule has 0 amide bonds. The molecule has 5 heteroatoms. The van der Waals surface area contributed by atoms with Crippen LogP contribution in [-0.2, 0) is 0 Å². The third kappa shape index (κ3) is 4.51. The Kier molecular flexibility index (Phi) is 5.22.